The zero-order valence-corrected chi connectivity index (χ0v) is 31.4. The standard InChI is InChI=1S/C49H44N4/c1-47(2)38-28-27-33(29-39(38)48(3,4)49(47,5)6)46-52-44(42-25-13-23-40(50-42)36-21-11-17-31-15-7-9-19-34(31)36)30-45(53-46)43-26-14-24-41(51-43)37-22-12-18-32-16-8-10-20-35(32)37/h7-25,27-30,43H,26H2,1-6H3. The van der Waals surface area contributed by atoms with Crippen molar-refractivity contribution in [3.8, 4) is 34.0 Å². The molecule has 0 radical (unpaired) electrons. The van der Waals surface area contributed by atoms with Gasteiger partial charge in [0.1, 0.15) is 0 Å². The zero-order chi connectivity index (χ0) is 36.5. The third-order valence-electron chi connectivity index (χ3n) is 12.9. The van der Waals surface area contributed by atoms with Gasteiger partial charge in [0, 0.05) is 16.7 Å². The molecule has 0 fully saturated rings. The number of aromatic nitrogens is 3. The Bertz CT molecular complexity index is 2630. The number of benzene rings is 5. The Morgan fingerprint density at radius 3 is 1.91 bits per heavy atom. The number of rotatable bonds is 5. The Kier molecular flexibility index (Phi) is 7.60. The first-order chi connectivity index (χ1) is 25.5. The van der Waals surface area contributed by atoms with Crippen LogP contribution >= 0.6 is 0 Å². The van der Waals surface area contributed by atoms with Crippen molar-refractivity contribution in [1.29, 1.82) is 0 Å². The van der Waals surface area contributed by atoms with Crippen LogP contribution in [0.25, 0.3) is 55.6 Å². The SMILES string of the molecule is CC1(C)c2ccc(-c3nc(-c4cccc(-c5cccc6ccccc56)n4)cc(C4CC=CC(c5cccc6ccccc56)=N4)n3)cc2C(C)(C)C1(C)C. The smallest absolute Gasteiger partial charge is 0.160 e. The Hall–Kier alpha value is -5.74. The highest BCUT2D eigenvalue weighted by molar-refractivity contribution is 6.16. The summed E-state index contributed by atoms with van der Waals surface area (Å²) in [5, 5.41) is 4.78. The molecule has 5 aromatic carbocycles. The van der Waals surface area contributed by atoms with Gasteiger partial charge in [0.2, 0.25) is 0 Å². The van der Waals surface area contributed by atoms with Crippen LogP contribution in [-0.2, 0) is 10.8 Å². The predicted octanol–water partition coefficient (Wildman–Crippen LogP) is 12.3. The second-order valence-electron chi connectivity index (χ2n) is 16.3. The van der Waals surface area contributed by atoms with Gasteiger partial charge in [0.15, 0.2) is 5.82 Å². The molecule has 1 aliphatic heterocycles. The third-order valence-corrected chi connectivity index (χ3v) is 12.9. The highest BCUT2D eigenvalue weighted by atomic mass is 14.9. The van der Waals surface area contributed by atoms with E-state index in [0.717, 1.165) is 51.6 Å². The largest absolute Gasteiger partial charge is 0.275 e. The van der Waals surface area contributed by atoms with Crippen LogP contribution < -0.4 is 0 Å². The van der Waals surface area contributed by atoms with Gasteiger partial charge in [-0.25, -0.2) is 15.0 Å². The van der Waals surface area contributed by atoms with Crippen LogP contribution in [-0.4, -0.2) is 20.7 Å². The lowest BCUT2D eigenvalue weighted by Crippen LogP contribution is -2.42. The molecule has 0 saturated carbocycles. The van der Waals surface area contributed by atoms with E-state index in [1.165, 1.54) is 32.7 Å². The number of aliphatic imine (C=N–C) groups is 1. The molecule has 0 saturated heterocycles. The molecular weight excluding hydrogens is 645 g/mol. The maximum atomic E-state index is 5.38. The Morgan fingerprint density at radius 1 is 0.528 bits per heavy atom. The molecule has 0 spiro atoms. The van der Waals surface area contributed by atoms with Crippen molar-refractivity contribution in [3.63, 3.8) is 0 Å². The van der Waals surface area contributed by atoms with Crippen molar-refractivity contribution in [2.45, 2.75) is 64.8 Å². The number of nitrogens with zero attached hydrogens (tertiary/aromatic N) is 4. The van der Waals surface area contributed by atoms with Crippen molar-refractivity contribution in [2.24, 2.45) is 10.4 Å². The molecule has 0 N–H and O–H groups in total. The van der Waals surface area contributed by atoms with Crippen molar-refractivity contribution in [2.75, 3.05) is 0 Å². The number of hydrogen-bond acceptors (Lipinski definition) is 4. The molecular formula is C49H44N4. The number of allylic oxidation sites excluding steroid dienone is 1. The van der Waals surface area contributed by atoms with Gasteiger partial charge in [-0.15, -0.1) is 0 Å². The first-order valence-corrected chi connectivity index (χ1v) is 18.8. The normalized spacial score (nSPS) is 18.2. The van der Waals surface area contributed by atoms with Crippen molar-refractivity contribution < 1.29 is 0 Å². The molecule has 9 rings (SSSR count). The van der Waals surface area contributed by atoms with Gasteiger partial charge in [0.05, 0.1) is 34.5 Å². The van der Waals surface area contributed by atoms with Crippen molar-refractivity contribution >= 4 is 27.3 Å². The lowest BCUT2D eigenvalue weighted by molar-refractivity contribution is 0.125. The second-order valence-corrected chi connectivity index (χ2v) is 16.3. The van der Waals surface area contributed by atoms with Crippen LogP contribution in [0.2, 0.25) is 0 Å². The second kappa shape index (κ2) is 12.2. The molecule has 3 heterocycles. The lowest BCUT2D eigenvalue weighted by Gasteiger charge is -2.44. The van der Waals surface area contributed by atoms with Gasteiger partial charge in [-0.1, -0.05) is 151 Å². The minimum absolute atomic E-state index is 0.0192. The summed E-state index contributed by atoms with van der Waals surface area (Å²) in [5.74, 6) is 0.701. The predicted molar refractivity (Wildman–Crippen MR) is 220 cm³/mol. The van der Waals surface area contributed by atoms with Gasteiger partial charge in [-0.05, 0) is 85.7 Å². The fraction of sp³-hybridized carbons (Fsp3) is 0.224. The Balaban J connectivity index is 1.21. The summed E-state index contributed by atoms with van der Waals surface area (Å²) in [5.41, 5.74) is 10.5. The molecule has 0 amide bonds. The number of hydrogen-bond donors (Lipinski definition) is 0. The zero-order valence-electron chi connectivity index (χ0n) is 31.4. The molecule has 0 bridgehead atoms. The molecule has 53 heavy (non-hydrogen) atoms. The van der Waals surface area contributed by atoms with Crippen LogP contribution in [0.1, 0.15) is 76.4 Å². The maximum absolute atomic E-state index is 5.38. The monoisotopic (exact) mass is 688 g/mol. The first-order valence-electron chi connectivity index (χ1n) is 18.8. The molecule has 2 aliphatic rings. The Morgan fingerprint density at radius 2 is 1.15 bits per heavy atom. The fourth-order valence-corrected chi connectivity index (χ4v) is 8.64. The van der Waals surface area contributed by atoms with Crippen molar-refractivity contribution in [3.05, 3.63) is 162 Å². The first kappa shape index (κ1) is 33.1. The molecule has 1 aliphatic carbocycles. The van der Waals surface area contributed by atoms with Gasteiger partial charge in [0.25, 0.3) is 0 Å². The Labute approximate surface area is 312 Å². The van der Waals surface area contributed by atoms with E-state index in [4.69, 9.17) is 19.9 Å². The van der Waals surface area contributed by atoms with E-state index >= 15 is 0 Å². The molecule has 2 aromatic heterocycles. The highest BCUT2D eigenvalue weighted by Gasteiger charge is 2.56. The van der Waals surface area contributed by atoms with Crippen LogP contribution in [0, 0.1) is 5.41 Å². The maximum Gasteiger partial charge on any atom is 0.160 e. The van der Waals surface area contributed by atoms with Crippen LogP contribution in [0.15, 0.2) is 145 Å². The minimum Gasteiger partial charge on any atom is -0.275 e. The quantitative estimate of drug-likeness (QED) is 0.181. The number of dihydropyridines is 1. The van der Waals surface area contributed by atoms with E-state index in [1.54, 1.807) is 0 Å². The van der Waals surface area contributed by atoms with E-state index in [1.807, 2.05) is 0 Å². The van der Waals surface area contributed by atoms with E-state index in [-0.39, 0.29) is 22.3 Å². The van der Waals surface area contributed by atoms with E-state index in [0.29, 0.717) is 5.82 Å². The summed E-state index contributed by atoms with van der Waals surface area (Å²) in [6.45, 7) is 14.3. The third kappa shape index (κ3) is 5.26. The summed E-state index contributed by atoms with van der Waals surface area (Å²) >= 11 is 0. The summed E-state index contributed by atoms with van der Waals surface area (Å²) in [7, 11) is 0. The average molecular weight is 689 g/mol. The van der Waals surface area contributed by atoms with Crippen LogP contribution in [0.4, 0.5) is 0 Å². The van der Waals surface area contributed by atoms with E-state index in [9.17, 15) is 0 Å². The number of pyridine rings is 1. The molecule has 7 aromatic rings. The lowest BCUT2D eigenvalue weighted by atomic mass is 9.59. The minimum atomic E-state index is -0.167. The van der Waals surface area contributed by atoms with Gasteiger partial charge < -0.3 is 0 Å². The molecule has 260 valence electrons. The summed E-state index contributed by atoms with van der Waals surface area (Å²) in [4.78, 5) is 21.3. The number of fused-ring (bicyclic) bond motifs is 3. The molecule has 4 nitrogen and oxygen atoms in total. The van der Waals surface area contributed by atoms with Crippen LogP contribution in [0.5, 0.6) is 0 Å². The molecule has 1 unspecified atom stereocenters. The summed E-state index contributed by atoms with van der Waals surface area (Å²) < 4.78 is 0. The van der Waals surface area contributed by atoms with Gasteiger partial charge in [-0.2, -0.15) is 0 Å². The van der Waals surface area contributed by atoms with E-state index in [2.05, 4.69) is 181 Å². The molecule has 1 atom stereocenters. The fourth-order valence-electron chi connectivity index (χ4n) is 8.64. The average Bonchev–Trinajstić information content (AvgIpc) is 3.30. The highest BCUT2D eigenvalue weighted by Crippen LogP contribution is 2.61. The van der Waals surface area contributed by atoms with Gasteiger partial charge in [-0.3, -0.25) is 4.99 Å². The topological polar surface area (TPSA) is 51.0 Å². The molecule has 4 heteroatoms. The van der Waals surface area contributed by atoms with E-state index < -0.39 is 0 Å². The van der Waals surface area contributed by atoms with Crippen molar-refractivity contribution in [1.82, 2.24) is 15.0 Å². The summed E-state index contributed by atoms with van der Waals surface area (Å²) in [6.07, 6.45) is 5.15. The summed E-state index contributed by atoms with van der Waals surface area (Å²) in [6, 6.07) is 44.9. The van der Waals surface area contributed by atoms with Gasteiger partial charge >= 0.3 is 0 Å². The van der Waals surface area contributed by atoms with Crippen LogP contribution in [0.3, 0.4) is 0 Å².